The van der Waals surface area contributed by atoms with Crippen LogP contribution in [0.3, 0.4) is 0 Å². The van der Waals surface area contributed by atoms with Crippen LogP contribution in [-0.4, -0.2) is 23.1 Å². The van der Waals surface area contributed by atoms with Crippen molar-refractivity contribution in [3.63, 3.8) is 0 Å². The van der Waals surface area contributed by atoms with Gasteiger partial charge in [0.1, 0.15) is 6.33 Å². The number of likely N-dealkylation sites (N-methyl/N-ethyl adjacent to an activating group) is 1. The van der Waals surface area contributed by atoms with Crippen molar-refractivity contribution in [3.8, 4) is 5.88 Å². The van der Waals surface area contributed by atoms with Gasteiger partial charge >= 0.3 is 0 Å². The van der Waals surface area contributed by atoms with E-state index in [4.69, 9.17) is 4.74 Å². The van der Waals surface area contributed by atoms with E-state index >= 15 is 0 Å². The van der Waals surface area contributed by atoms with E-state index in [0.29, 0.717) is 5.88 Å². The Hall–Kier alpha value is -1.94. The van der Waals surface area contributed by atoms with Crippen molar-refractivity contribution in [1.82, 2.24) is 15.3 Å². The van der Waals surface area contributed by atoms with E-state index in [-0.39, 0.29) is 12.1 Å². The molecular weight excluding hydrogens is 250 g/mol. The predicted octanol–water partition coefficient (Wildman–Crippen LogP) is 2.77. The zero-order chi connectivity index (χ0) is 14.4. The van der Waals surface area contributed by atoms with Crippen molar-refractivity contribution < 1.29 is 4.74 Å². The number of aromatic nitrogens is 2. The van der Waals surface area contributed by atoms with Crippen LogP contribution < -0.4 is 10.1 Å². The summed E-state index contributed by atoms with van der Waals surface area (Å²) in [4.78, 5) is 8.46. The van der Waals surface area contributed by atoms with Gasteiger partial charge in [-0.25, -0.2) is 9.97 Å². The summed E-state index contributed by atoms with van der Waals surface area (Å²) < 4.78 is 5.60. The second-order valence-corrected chi connectivity index (χ2v) is 4.97. The van der Waals surface area contributed by atoms with Gasteiger partial charge in [0.25, 0.3) is 0 Å². The second-order valence-electron chi connectivity index (χ2n) is 4.97. The second kappa shape index (κ2) is 7.01. The maximum atomic E-state index is 5.60. The number of hydrogen-bond donors (Lipinski definition) is 1. The molecule has 1 aromatic carbocycles. The Labute approximate surface area is 120 Å². The minimum Gasteiger partial charge on any atom is -0.475 e. The molecule has 2 aromatic rings. The van der Waals surface area contributed by atoms with Crippen LogP contribution in [0.25, 0.3) is 0 Å². The summed E-state index contributed by atoms with van der Waals surface area (Å²) in [5, 5.41) is 3.33. The molecule has 0 bridgehead atoms. The first-order chi connectivity index (χ1) is 9.69. The van der Waals surface area contributed by atoms with E-state index < -0.39 is 0 Å². The van der Waals surface area contributed by atoms with Crippen molar-refractivity contribution in [2.24, 2.45) is 0 Å². The first-order valence-electron chi connectivity index (χ1n) is 6.89. The summed E-state index contributed by atoms with van der Waals surface area (Å²) >= 11 is 0. The highest BCUT2D eigenvalue weighted by molar-refractivity contribution is 5.22. The van der Waals surface area contributed by atoms with Crippen molar-refractivity contribution >= 4 is 0 Å². The molecule has 1 unspecified atom stereocenters. The standard InChI is InChI=1S/C16H21N3O/c1-12(2)20-16-10-14(18-11-19-16)9-15(17-3)13-7-5-4-6-8-13/h4-8,10-12,15,17H,9H2,1-3H3. The Bertz CT molecular complexity index is 528. The average molecular weight is 271 g/mol. The van der Waals surface area contributed by atoms with Gasteiger partial charge in [0.2, 0.25) is 5.88 Å². The van der Waals surface area contributed by atoms with Crippen LogP contribution in [0.5, 0.6) is 5.88 Å². The summed E-state index contributed by atoms with van der Waals surface area (Å²) in [5.41, 5.74) is 2.22. The van der Waals surface area contributed by atoms with Crippen LogP contribution in [-0.2, 0) is 6.42 Å². The van der Waals surface area contributed by atoms with Crippen LogP contribution in [0.4, 0.5) is 0 Å². The summed E-state index contributed by atoms with van der Waals surface area (Å²) in [7, 11) is 1.96. The molecule has 0 saturated carbocycles. The number of nitrogens with one attached hydrogen (secondary N) is 1. The topological polar surface area (TPSA) is 47.0 Å². The molecule has 0 aliphatic carbocycles. The fraction of sp³-hybridized carbons (Fsp3) is 0.375. The van der Waals surface area contributed by atoms with Gasteiger partial charge in [-0.2, -0.15) is 0 Å². The van der Waals surface area contributed by atoms with Gasteiger partial charge in [-0.3, -0.25) is 0 Å². The highest BCUT2D eigenvalue weighted by atomic mass is 16.5. The quantitative estimate of drug-likeness (QED) is 0.877. The van der Waals surface area contributed by atoms with Gasteiger partial charge in [0.05, 0.1) is 6.10 Å². The van der Waals surface area contributed by atoms with Crippen molar-refractivity contribution in [2.75, 3.05) is 7.05 Å². The van der Waals surface area contributed by atoms with Crippen molar-refractivity contribution in [2.45, 2.75) is 32.4 Å². The molecule has 0 spiro atoms. The number of ether oxygens (including phenoxy) is 1. The molecule has 0 amide bonds. The van der Waals surface area contributed by atoms with Gasteiger partial charge < -0.3 is 10.1 Å². The zero-order valence-electron chi connectivity index (χ0n) is 12.2. The fourth-order valence-corrected chi connectivity index (χ4v) is 2.08. The van der Waals surface area contributed by atoms with Crippen LogP contribution in [0.2, 0.25) is 0 Å². The van der Waals surface area contributed by atoms with Gasteiger partial charge in [-0.1, -0.05) is 30.3 Å². The summed E-state index contributed by atoms with van der Waals surface area (Å²) in [6, 6.07) is 12.5. The monoisotopic (exact) mass is 271 g/mol. The van der Waals surface area contributed by atoms with E-state index in [0.717, 1.165) is 12.1 Å². The van der Waals surface area contributed by atoms with E-state index in [2.05, 4.69) is 27.4 Å². The van der Waals surface area contributed by atoms with Gasteiger partial charge in [-0.15, -0.1) is 0 Å². The fourth-order valence-electron chi connectivity index (χ4n) is 2.08. The zero-order valence-corrected chi connectivity index (χ0v) is 12.2. The molecule has 1 N–H and O–H groups in total. The molecule has 2 rings (SSSR count). The Morgan fingerprint density at radius 1 is 1.15 bits per heavy atom. The largest absolute Gasteiger partial charge is 0.475 e. The number of benzene rings is 1. The van der Waals surface area contributed by atoms with E-state index in [1.165, 1.54) is 5.56 Å². The van der Waals surface area contributed by atoms with Crippen LogP contribution in [0, 0.1) is 0 Å². The summed E-state index contributed by atoms with van der Waals surface area (Å²) in [6.07, 6.45) is 2.48. The normalized spacial score (nSPS) is 12.4. The third-order valence-corrected chi connectivity index (χ3v) is 3.02. The van der Waals surface area contributed by atoms with Crippen molar-refractivity contribution in [1.29, 1.82) is 0 Å². The molecule has 1 atom stereocenters. The molecule has 0 saturated heterocycles. The third kappa shape index (κ3) is 4.03. The molecule has 20 heavy (non-hydrogen) atoms. The van der Waals surface area contributed by atoms with E-state index in [1.807, 2.05) is 45.2 Å². The SMILES string of the molecule is CNC(Cc1cc(OC(C)C)ncn1)c1ccccc1. The number of hydrogen-bond acceptors (Lipinski definition) is 4. The van der Waals surface area contributed by atoms with Crippen LogP contribution in [0.1, 0.15) is 31.1 Å². The molecule has 0 aliphatic rings. The lowest BCUT2D eigenvalue weighted by Crippen LogP contribution is -2.19. The lowest BCUT2D eigenvalue weighted by atomic mass is 10.0. The smallest absolute Gasteiger partial charge is 0.216 e. The Kier molecular flexibility index (Phi) is 5.07. The number of rotatable bonds is 6. The highest BCUT2D eigenvalue weighted by Gasteiger charge is 2.11. The van der Waals surface area contributed by atoms with E-state index in [9.17, 15) is 0 Å². The molecule has 106 valence electrons. The molecular formula is C16H21N3O. The molecule has 0 radical (unpaired) electrons. The molecule has 1 heterocycles. The predicted molar refractivity (Wildman–Crippen MR) is 79.7 cm³/mol. The van der Waals surface area contributed by atoms with E-state index in [1.54, 1.807) is 6.33 Å². The highest BCUT2D eigenvalue weighted by Crippen LogP contribution is 2.18. The Morgan fingerprint density at radius 2 is 1.90 bits per heavy atom. The lowest BCUT2D eigenvalue weighted by molar-refractivity contribution is 0.232. The molecule has 0 aliphatic heterocycles. The summed E-state index contributed by atoms with van der Waals surface area (Å²) in [5.74, 6) is 0.632. The third-order valence-electron chi connectivity index (χ3n) is 3.02. The molecule has 0 fully saturated rings. The van der Waals surface area contributed by atoms with Crippen LogP contribution >= 0.6 is 0 Å². The Morgan fingerprint density at radius 3 is 2.55 bits per heavy atom. The van der Waals surface area contributed by atoms with Gasteiger partial charge in [0, 0.05) is 24.2 Å². The molecule has 4 heteroatoms. The Balaban J connectivity index is 2.12. The lowest BCUT2D eigenvalue weighted by Gasteiger charge is -2.16. The van der Waals surface area contributed by atoms with Gasteiger partial charge in [0.15, 0.2) is 0 Å². The number of nitrogens with zero attached hydrogens (tertiary/aromatic N) is 2. The minimum atomic E-state index is 0.118. The maximum Gasteiger partial charge on any atom is 0.216 e. The molecule has 1 aromatic heterocycles. The minimum absolute atomic E-state index is 0.118. The van der Waals surface area contributed by atoms with Crippen LogP contribution in [0.15, 0.2) is 42.7 Å². The summed E-state index contributed by atoms with van der Waals surface area (Å²) in [6.45, 7) is 3.98. The van der Waals surface area contributed by atoms with Crippen molar-refractivity contribution in [3.05, 3.63) is 54.0 Å². The molecule has 4 nitrogen and oxygen atoms in total. The first kappa shape index (κ1) is 14.5. The van der Waals surface area contributed by atoms with Gasteiger partial charge in [-0.05, 0) is 26.5 Å². The maximum absolute atomic E-state index is 5.60. The average Bonchev–Trinajstić information content (AvgIpc) is 2.45. The first-order valence-corrected chi connectivity index (χ1v) is 6.89.